The number of nitrogens with zero attached hydrogens (tertiary/aromatic N) is 1. The Morgan fingerprint density at radius 3 is 2.74 bits per heavy atom. The summed E-state index contributed by atoms with van der Waals surface area (Å²) < 4.78 is 0. The molecule has 0 amide bonds. The zero-order valence-corrected chi connectivity index (χ0v) is 11.0. The van der Waals surface area contributed by atoms with E-state index >= 15 is 0 Å². The number of carboxylic acid groups (broad SMARTS) is 1. The molecule has 0 aliphatic carbocycles. The third-order valence-corrected chi connectivity index (χ3v) is 3.06. The van der Waals surface area contributed by atoms with Gasteiger partial charge in [0.1, 0.15) is 5.69 Å². The maximum Gasteiger partial charge on any atom is 0.303 e. The van der Waals surface area contributed by atoms with E-state index in [2.05, 4.69) is 5.32 Å². The minimum Gasteiger partial charge on any atom is -0.481 e. The van der Waals surface area contributed by atoms with Crippen LogP contribution in [0.3, 0.4) is 0 Å². The van der Waals surface area contributed by atoms with Gasteiger partial charge in [0.25, 0.3) is 5.69 Å². The molecular weight excluding hydrogens is 248 g/mol. The number of nitro groups is 1. The van der Waals surface area contributed by atoms with Gasteiger partial charge in [-0.1, -0.05) is 25.5 Å². The number of anilines is 1. The van der Waals surface area contributed by atoms with Crippen molar-refractivity contribution in [3.63, 3.8) is 0 Å². The maximum atomic E-state index is 10.9. The van der Waals surface area contributed by atoms with Crippen LogP contribution >= 0.6 is 0 Å². The normalized spacial score (nSPS) is 11.9. The smallest absolute Gasteiger partial charge is 0.303 e. The van der Waals surface area contributed by atoms with Crippen molar-refractivity contribution in [2.75, 3.05) is 11.9 Å². The fourth-order valence-electron chi connectivity index (χ4n) is 1.89. The van der Waals surface area contributed by atoms with Crippen LogP contribution in [0.1, 0.15) is 25.3 Å². The molecule has 1 aromatic carbocycles. The molecule has 104 valence electrons. The summed E-state index contributed by atoms with van der Waals surface area (Å²) in [6, 6.07) is 4.86. The predicted octanol–water partition coefficient (Wildman–Crippen LogP) is 2.82. The van der Waals surface area contributed by atoms with Crippen LogP contribution in [0, 0.1) is 23.0 Å². The van der Waals surface area contributed by atoms with Crippen LogP contribution in [0.5, 0.6) is 0 Å². The molecule has 0 bridgehead atoms. The summed E-state index contributed by atoms with van der Waals surface area (Å²) in [5.74, 6) is -0.898. The zero-order valence-electron chi connectivity index (χ0n) is 11.0. The summed E-state index contributed by atoms with van der Waals surface area (Å²) in [6.07, 6.45) is 0.766. The molecule has 0 fully saturated rings. The first-order valence-corrected chi connectivity index (χ1v) is 6.15. The lowest BCUT2D eigenvalue weighted by molar-refractivity contribution is -0.384. The highest BCUT2D eigenvalue weighted by Crippen LogP contribution is 2.28. The van der Waals surface area contributed by atoms with Gasteiger partial charge in [-0.15, -0.1) is 0 Å². The van der Waals surface area contributed by atoms with Crippen molar-refractivity contribution >= 4 is 17.3 Å². The molecule has 0 aliphatic rings. The second kappa shape index (κ2) is 6.72. The Balaban J connectivity index is 2.81. The number of hydrogen-bond donors (Lipinski definition) is 2. The molecule has 0 saturated heterocycles. The number of nitrogens with one attached hydrogen (secondary N) is 1. The lowest BCUT2D eigenvalue weighted by atomic mass is 10.0. The van der Waals surface area contributed by atoms with Crippen LogP contribution in [0.4, 0.5) is 11.4 Å². The first kappa shape index (κ1) is 14.9. The van der Waals surface area contributed by atoms with Gasteiger partial charge in [0, 0.05) is 19.0 Å². The van der Waals surface area contributed by atoms with E-state index in [4.69, 9.17) is 5.11 Å². The predicted molar refractivity (Wildman–Crippen MR) is 72.4 cm³/mol. The summed E-state index contributed by atoms with van der Waals surface area (Å²) in [6.45, 7) is 4.10. The summed E-state index contributed by atoms with van der Waals surface area (Å²) in [5.41, 5.74) is 1.26. The molecule has 1 aromatic rings. The highest BCUT2D eigenvalue weighted by molar-refractivity contribution is 5.68. The molecule has 0 heterocycles. The zero-order chi connectivity index (χ0) is 14.4. The Bertz CT molecular complexity index is 474. The average Bonchev–Trinajstić information content (AvgIpc) is 2.34. The van der Waals surface area contributed by atoms with Gasteiger partial charge in [-0.05, 0) is 18.4 Å². The van der Waals surface area contributed by atoms with Gasteiger partial charge in [0.05, 0.1) is 4.92 Å². The monoisotopic (exact) mass is 266 g/mol. The van der Waals surface area contributed by atoms with Gasteiger partial charge in [-0.3, -0.25) is 14.9 Å². The van der Waals surface area contributed by atoms with Crippen molar-refractivity contribution < 1.29 is 14.8 Å². The minimum atomic E-state index is -0.854. The van der Waals surface area contributed by atoms with Crippen molar-refractivity contribution in [2.24, 2.45) is 5.92 Å². The first-order valence-electron chi connectivity index (χ1n) is 6.15. The molecule has 0 spiro atoms. The fraction of sp³-hybridized carbons (Fsp3) is 0.462. The van der Waals surface area contributed by atoms with Crippen LogP contribution in [-0.2, 0) is 4.79 Å². The number of benzene rings is 1. The first-order chi connectivity index (χ1) is 8.95. The molecule has 1 atom stereocenters. The number of nitro benzene ring substituents is 1. The number of aliphatic carboxylic acids is 1. The Labute approximate surface area is 111 Å². The Morgan fingerprint density at radius 2 is 2.21 bits per heavy atom. The van der Waals surface area contributed by atoms with E-state index in [9.17, 15) is 14.9 Å². The average molecular weight is 266 g/mol. The van der Waals surface area contributed by atoms with Crippen molar-refractivity contribution in [1.82, 2.24) is 0 Å². The molecule has 0 aliphatic heterocycles. The van der Waals surface area contributed by atoms with E-state index in [1.807, 2.05) is 6.92 Å². The SMILES string of the molecule is CCC(CNc1c(C)cccc1[N+](=O)[O-])CC(=O)O. The Kier molecular flexibility index (Phi) is 5.29. The molecule has 0 radical (unpaired) electrons. The number of carboxylic acids is 1. The summed E-state index contributed by atoms with van der Waals surface area (Å²) in [4.78, 5) is 21.2. The van der Waals surface area contributed by atoms with Crippen molar-refractivity contribution in [1.29, 1.82) is 0 Å². The fourth-order valence-corrected chi connectivity index (χ4v) is 1.89. The summed E-state index contributed by atoms with van der Waals surface area (Å²) >= 11 is 0. The number of para-hydroxylation sites is 1. The topological polar surface area (TPSA) is 92.5 Å². The molecule has 6 nitrogen and oxygen atoms in total. The Hall–Kier alpha value is -2.11. The second-order valence-corrected chi connectivity index (χ2v) is 4.48. The van der Waals surface area contributed by atoms with E-state index in [1.165, 1.54) is 6.07 Å². The number of carbonyl (C=O) groups is 1. The minimum absolute atomic E-state index is 0.0187. The molecule has 2 N–H and O–H groups in total. The van der Waals surface area contributed by atoms with E-state index in [0.29, 0.717) is 18.7 Å². The molecule has 1 unspecified atom stereocenters. The molecule has 0 aromatic heterocycles. The third-order valence-electron chi connectivity index (χ3n) is 3.06. The van der Waals surface area contributed by atoms with Crippen molar-refractivity contribution in [2.45, 2.75) is 26.7 Å². The quantitative estimate of drug-likeness (QED) is 0.584. The van der Waals surface area contributed by atoms with Gasteiger partial charge in [-0.2, -0.15) is 0 Å². The summed E-state index contributed by atoms with van der Waals surface area (Å²) in [7, 11) is 0. The van der Waals surface area contributed by atoms with Crippen LogP contribution in [0.15, 0.2) is 18.2 Å². The molecular formula is C13H18N2O4. The van der Waals surface area contributed by atoms with Crippen LogP contribution in [0.25, 0.3) is 0 Å². The molecule has 19 heavy (non-hydrogen) atoms. The number of aryl methyl sites for hydroxylation is 1. The highest BCUT2D eigenvalue weighted by Gasteiger charge is 2.17. The van der Waals surface area contributed by atoms with E-state index in [0.717, 1.165) is 5.56 Å². The van der Waals surface area contributed by atoms with Crippen LogP contribution in [-0.4, -0.2) is 22.5 Å². The van der Waals surface area contributed by atoms with E-state index in [-0.39, 0.29) is 18.0 Å². The third kappa shape index (κ3) is 4.24. The summed E-state index contributed by atoms with van der Waals surface area (Å²) in [5, 5.41) is 22.7. The maximum absolute atomic E-state index is 10.9. The van der Waals surface area contributed by atoms with Crippen molar-refractivity contribution in [3.05, 3.63) is 33.9 Å². The largest absolute Gasteiger partial charge is 0.481 e. The van der Waals surface area contributed by atoms with Gasteiger partial charge < -0.3 is 10.4 Å². The number of hydrogen-bond acceptors (Lipinski definition) is 4. The molecule has 1 rings (SSSR count). The highest BCUT2D eigenvalue weighted by atomic mass is 16.6. The second-order valence-electron chi connectivity index (χ2n) is 4.48. The van der Waals surface area contributed by atoms with E-state index < -0.39 is 10.9 Å². The standard InChI is InChI=1S/C13H18N2O4/c1-3-10(7-12(16)17)8-14-13-9(2)5-4-6-11(13)15(18)19/h4-6,10,14H,3,7-8H2,1-2H3,(H,16,17). The van der Waals surface area contributed by atoms with Crippen LogP contribution in [0.2, 0.25) is 0 Å². The Morgan fingerprint density at radius 1 is 1.53 bits per heavy atom. The molecule has 6 heteroatoms. The van der Waals surface area contributed by atoms with Crippen LogP contribution < -0.4 is 5.32 Å². The van der Waals surface area contributed by atoms with Gasteiger partial charge in [0.2, 0.25) is 0 Å². The van der Waals surface area contributed by atoms with Crippen molar-refractivity contribution in [3.8, 4) is 0 Å². The van der Waals surface area contributed by atoms with Gasteiger partial charge in [-0.25, -0.2) is 0 Å². The molecule has 0 saturated carbocycles. The van der Waals surface area contributed by atoms with Gasteiger partial charge >= 0.3 is 5.97 Å². The lowest BCUT2D eigenvalue weighted by Crippen LogP contribution is -2.18. The number of rotatable bonds is 7. The lowest BCUT2D eigenvalue weighted by Gasteiger charge is -2.15. The van der Waals surface area contributed by atoms with E-state index in [1.54, 1.807) is 19.1 Å². The van der Waals surface area contributed by atoms with Gasteiger partial charge in [0.15, 0.2) is 0 Å².